The van der Waals surface area contributed by atoms with E-state index >= 15 is 0 Å². The summed E-state index contributed by atoms with van der Waals surface area (Å²) in [6.45, 7) is 4.17. The number of pyridine rings is 1. The Morgan fingerprint density at radius 1 is 1.36 bits per heavy atom. The van der Waals surface area contributed by atoms with Gasteiger partial charge in [-0.1, -0.05) is 13.0 Å². The first kappa shape index (κ1) is 21.3. The van der Waals surface area contributed by atoms with Crippen LogP contribution >= 0.6 is 24.0 Å². The van der Waals surface area contributed by atoms with Gasteiger partial charge in [-0.05, 0) is 24.6 Å². The van der Waals surface area contributed by atoms with Crippen LogP contribution < -0.4 is 10.1 Å². The molecule has 2 heterocycles. The van der Waals surface area contributed by atoms with Crippen molar-refractivity contribution in [2.24, 2.45) is 12.0 Å². The molecule has 0 aliphatic heterocycles. The molecule has 138 valence electrons. The highest BCUT2D eigenvalue weighted by Crippen LogP contribution is 2.14. The first-order valence-electron chi connectivity index (χ1n) is 8.24. The summed E-state index contributed by atoms with van der Waals surface area (Å²) in [5.41, 5.74) is 2.26. The third-order valence-electron chi connectivity index (χ3n) is 3.75. The van der Waals surface area contributed by atoms with Gasteiger partial charge in [-0.3, -0.25) is 4.99 Å². The molecule has 1 N–H and O–H groups in total. The number of rotatable bonds is 7. The van der Waals surface area contributed by atoms with Crippen LogP contribution in [0.25, 0.3) is 0 Å². The largest absolute Gasteiger partial charge is 0.477 e. The van der Waals surface area contributed by atoms with Crippen molar-refractivity contribution in [1.82, 2.24) is 19.8 Å². The smallest absolute Gasteiger partial charge is 0.218 e. The van der Waals surface area contributed by atoms with Gasteiger partial charge >= 0.3 is 0 Å². The van der Waals surface area contributed by atoms with Crippen LogP contribution in [0.15, 0.2) is 41.7 Å². The molecule has 6 nitrogen and oxygen atoms in total. The zero-order valence-corrected chi connectivity index (χ0v) is 17.7. The van der Waals surface area contributed by atoms with Crippen molar-refractivity contribution in [3.05, 3.63) is 47.9 Å². The highest BCUT2D eigenvalue weighted by molar-refractivity contribution is 14.0. The second-order valence-corrected chi connectivity index (χ2v) is 5.68. The molecule has 0 aromatic carbocycles. The Balaban J connectivity index is 0.00000312. The third-order valence-corrected chi connectivity index (χ3v) is 3.75. The Morgan fingerprint density at radius 3 is 2.80 bits per heavy atom. The van der Waals surface area contributed by atoms with Gasteiger partial charge in [0.1, 0.15) is 0 Å². The number of hydrogen-bond acceptors (Lipinski definition) is 3. The maximum Gasteiger partial charge on any atom is 0.218 e. The lowest BCUT2D eigenvalue weighted by molar-refractivity contribution is 0.301. The molecule has 0 aliphatic carbocycles. The number of aryl methyl sites for hydroxylation is 1. The van der Waals surface area contributed by atoms with Gasteiger partial charge in [-0.15, -0.1) is 24.0 Å². The standard InChI is InChI=1S/C18H27N5O.HI/c1-5-12-24-17-15(8-6-10-20-17)13-21-18(19-2)23(4)14-16-9-7-11-22(16)3;/h6-11H,5,12-14H2,1-4H3,(H,19,21);1H. The number of hydrogen-bond donors (Lipinski definition) is 1. The fourth-order valence-corrected chi connectivity index (χ4v) is 2.43. The molecular weight excluding hydrogens is 429 g/mol. The minimum Gasteiger partial charge on any atom is -0.477 e. The van der Waals surface area contributed by atoms with Crippen LogP contribution in [0.2, 0.25) is 0 Å². The molecule has 2 aromatic heterocycles. The summed E-state index contributed by atoms with van der Waals surface area (Å²) in [6.07, 6.45) is 4.77. The van der Waals surface area contributed by atoms with Crippen LogP contribution in [-0.4, -0.2) is 41.1 Å². The molecule has 2 aromatic rings. The summed E-state index contributed by atoms with van der Waals surface area (Å²) in [4.78, 5) is 10.8. The molecule has 0 radical (unpaired) electrons. The monoisotopic (exact) mass is 457 g/mol. The summed E-state index contributed by atoms with van der Waals surface area (Å²) in [7, 11) is 5.87. The van der Waals surface area contributed by atoms with E-state index in [4.69, 9.17) is 4.74 Å². The zero-order valence-electron chi connectivity index (χ0n) is 15.4. The summed E-state index contributed by atoms with van der Waals surface area (Å²) < 4.78 is 7.82. The van der Waals surface area contributed by atoms with Crippen LogP contribution in [0.3, 0.4) is 0 Å². The number of guanidine groups is 1. The van der Waals surface area contributed by atoms with E-state index in [0.29, 0.717) is 19.0 Å². The summed E-state index contributed by atoms with van der Waals surface area (Å²) in [5, 5.41) is 3.38. The van der Waals surface area contributed by atoms with E-state index in [1.54, 1.807) is 13.2 Å². The van der Waals surface area contributed by atoms with E-state index < -0.39 is 0 Å². The SMILES string of the molecule is CCCOc1ncccc1CNC(=NC)N(C)Cc1cccn1C.I. The maximum atomic E-state index is 5.71. The van der Waals surface area contributed by atoms with Crippen LogP contribution in [0.5, 0.6) is 5.88 Å². The fourth-order valence-electron chi connectivity index (χ4n) is 2.43. The van der Waals surface area contributed by atoms with Crippen molar-refractivity contribution in [1.29, 1.82) is 0 Å². The summed E-state index contributed by atoms with van der Waals surface area (Å²) >= 11 is 0. The van der Waals surface area contributed by atoms with Gasteiger partial charge in [0.2, 0.25) is 5.88 Å². The van der Waals surface area contributed by atoms with E-state index in [9.17, 15) is 0 Å². The van der Waals surface area contributed by atoms with Crippen molar-refractivity contribution in [3.63, 3.8) is 0 Å². The second-order valence-electron chi connectivity index (χ2n) is 5.68. The van der Waals surface area contributed by atoms with Gasteiger partial charge in [0, 0.05) is 51.3 Å². The van der Waals surface area contributed by atoms with Gasteiger partial charge in [0.25, 0.3) is 0 Å². The molecule has 0 fully saturated rings. The molecule has 0 saturated heterocycles. The van der Waals surface area contributed by atoms with Gasteiger partial charge in [0.05, 0.1) is 13.2 Å². The highest BCUT2D eigenvalue weighted by atomic mass is 127. The zero-order chi connectivity index (χ0) is 17.4. The van der Waals surface area contributed by atoms with Gasteiger partial charge in [-0.2, -0.15) is 0 Å². The Labute approximate surface area is 167 Å². The van der Waals surface area contributed by atoms with E-state index in [-0.39, 0.29) is 24.0 Å². The Morgan fingerprint density at radius 2 is 2.16 bits per heavy atom. The molecule has 25 heavy (non-hydrogen) atoms. The van der Waals surface area contributed by atoms with E-state index in [1.165, 1.54) is 5.69 Å². The lowest BCUT2D eigenvalue weighted by atomic mass is 10.2. The second kappa shape index (κ2) is 11.0. The highest BCUT2D eigenvalue weighted by Gasteiger charge is 2.10. The molecule has 0 amide bonds. The Kier molecular flexibility index (Phi) is 9.33. The third kappa shape index (κ3) is 6.22. The number of aromatic nitrogens is 2. The molecule has 0 saturated carbocycles. The van der Waals surface area contributed by atoms with Gasteiger partial charge in [-0.25, -0.2) is 4.98 Å². The predicted octanol–water partition coefficient (Wildman–Crippen LogP) is 3.03. The lowest BCUT2D eigenvalue weighted by Crippen LogP contribution is -2.38. The number of nitrogens with one attached hydrogen (secondary N) is 1. The van der Waals surface area contributed by atoms with Crippen molar-refractivity contribution < 1.29 is 4.74 Å². The van der Waals surface area contributed by atoms with E-state index in [1.807, 2.05) is 38.5 Å². The molecule has 2 rings (SSSR count). The number of aliphatic imine (C=N–C) groups is 1. The summed E-state index contributed by atoms with van der Waals surface area (Å²) in [6, 6.07) is 8.11. The molecule has 0 bridgehead atoms. The quantitative estimate of drug-likeness (QED) is 0.395. The van der Waals surface area contributed by atoms with Crippen molar-refractivity contribution in [2.75, 3.05) is 20.7 Å². The van der Waals surface area contributed by atoms with Crippen molar-refractivity contribution in [2.45, 2.75) is 26.4 Å². The first-order valence-corrected chi connectivity index (χ1v) is 8.24. The average Bonchev–Trinajstić information content (AvgIpc) is 2.99. The van der Waals surface area contributed by atoms with Crippen LogP contribution in [0.1, 0.15) is 24.6 Å². The van der Waals surface area contributed by atoms with Crippen molar-refractivity contribution >= 4 is 29.9 Å². The number of ether oxygens (including phenoxy) is 1. The molecule has 0 unspecified atom stereocenters. The topological polar surface area (TPSA) is 54.7 Å². The minimum absolute atomic E-state index is 0. The van der Waals surface area contributed by atoms with Crippen LogP contribution in [0, 0.1) is 0 Å². The molecule has 0 spiro atoms. The van der Waals surface area contributed by atoms with Gasteiger partial charge < -0.3 is 19.5 Å². The van der Waals surface area contributed by atoms with E-state index in [0.717, 1.165) is 24.5 Å². The predicted molar refractivity (Wildman–Crippen MR) is 113 cm³/mol. The fraction of sp³-hybridized carbons (Fsp3) is 0.444. The molecule has 0 atom stereocenters. The Bertz CT molecular complexity index is 671. The van der Waals surface area contributed by atoms with Crippen molar-refractivity contribution in [3.8, 4) is 5.88 Å². The number of halogens is 1. The number of nitrogens with zero attached hydrogens (tertiary/aromatic N) is 4. The average molecular weight is 457 g/mol. The first-order chi connectivity index (χ1) is 11.7. The van der Waals surface area contributed by atoms with Gasteiger partial charge in [0.15, 0.2) is 5.96 Å². The van der Waals surface area contributed by atoms with E-state index in [2.05, 4.69) is 37.8 Å². The molecule has 7 heteroatoms. The lowest BCUT2D eigenvalue weighted by Gasteiger charge is -2.22. The van der Waals surface area contributed by atoms with Crippen LogP contribution in [0.4, 0.5) is 0 Å². The maximum absolute atomic E-state index is 5.71. The molecule has 0 aliphatic rings. The summed E-state index contributed by atoms with van der Waals surface area (Å²) in [5.74, 6) is 1.52. The normalized spacial score (nSPS) is 11.0. The van der Waals surface area contributed by atoms with Crippen LogP contribution in [-0.2, 0) is 20.1 Å². The molecular formula is C18H28IN5O. The Hall–Kier alpha value is -1.77. The minimum atomic E-state index is 0.